The Bertz CT molecular complexity index is 478. The Hall–Kier alpha value is -1.04. The van der Waals surface area contributed by atoms with Crippen molar-refractivity contribution in [3.63, 3.8) is 0 Å². The molecule has 5 heteroatoms. The summed E-state index contributed by atoms with van der Waals surface area (Å²) < 4.78 is 0.734. The van der Waals surface area contributed by atoms with Crippen molar-refractivity contribution in [2.24, 2.45) is 0 Å². The maximum Gasteiger partial charge on any atom is 0.493 e. The molecule has 0 atom stereocenters. The van der Waals surface area contributed by atoms with Gasteiger partial charge in [-0.3, -0.25) is 0 Å². The monoisotopic (exact) mass is 208 g/mol. The summed E-state index contributed by atoms with van der Waals surface area (Å²) >= 11 is 1.44. The van der Waals surface area contributed by atoms with Crippen LogP contribution in [0.2, 0.25) is 0 Å². The van der Waals surface area contributed by atoms with E-state index >= 15 is 0 Å². The fourth-order valence-corrected chi connectivity index (χ4v) is 2.57. The lowest BCUT2D eigenvalue weighted by atomic mass is 9.79. The number of hydrogen-bond acceptors (Lipinski definition) is 4. The van der Waals surface area contributed by atoms with Crippen LogP contribution in [-0.4, -0.2) is 22.3 Å². The molecule has 0 unspecified atom stereocenters. The van der Waals surface area contributed by atoms with Crippen molar-refractivity contribution in [2.45, 2.75) is 6.92 Å². The Morgan fingerprint density at radius 2 is 2.00 bits per heavy atom. The zero-order valence-corrected chi connectivity index (χ0v) is 8.38. The summed E-state index contributed by atoms with van der Waals surface area (Å²) in [5, 5.41) is 28.6. The van der Waals surface area contributed by atoms with Crippen molar-refractivity contribution in [1.29, 1.82) is 0 Å². The number of aryl methyl sites for hydroxylation is 1. The zero-order chi connectivity index (χ0) is 10.3. The topological polar surface area (TPSA) is 60.7 Å². The van der Waals surface area contributed by atoms with E-state index in [0.29, 0.717) is 0 Å². The highest BCUT2D eigenvalue weighted by Crippen LogP contribution is 2.26. The zero-order valence-electron chi connectivity index (χ0n) is 7.56. The number of phenols is 1. The van der Waals surface area contributed by atoms with Gasteiger partial charge in [-0.15, -0.1) is 11.3 Å². The lowest BCUT2D eigenvalue weighted by Crippen LogP contribution is -2.30. The molecule has 0 saturated heterocycles. The number of hydrogen-bond donors (Lipinski definition) is 3. The van der Waals surface area contributed by atoms with E-state index in [4.69, 9.17) is 10.0 Å². The summed E-state index contributed by atoms with van der Waals surface area (Å²) in [6.45, 7) is 1.94. The van der Waals surface area contributed by atoms with Crippen molar-refractivity contribution in [2.75, 3.05) is 0 Å². The predicted molar refractivity (Wildman–Crippen MR) is 58.1 cm³/mol. The molecule has 0 radical (unpaired) electrons. The molecule has 0 aliphatic carbocycles. The molecule has 2 rings (SSSR count). The van der Waals surface area contributed by atoms with E-state index < -0.39 is 7.12 Å². The SMILES string of the molecule is Cc1cc2ccc(O)c(B(O)O)c2s1. The van der Waals surface area contributed by atoms with Crippen LogP contribution in [0.5, 0.6) is 5.75 Å². The van der Waals surface area contributed by atoms with E-state index in [-0.39, 0.29) is 11.2 Å². The first-order valence-corrected chi connectivity index (χ1v) is 4.99. The molecule has 0 aliphatic heterocycles. The number of benzene rings is 1. The highest BCUT2D eigenvalue weighted by atomic mass is 32.1. The van der Waals surface area contributed by atoms with Gasteiger partial charge in [-0.1, -0.05) is 0 Å². The van der Waals surface area contributed by atoms with Gasteiger partial charge in [0.2, 0.25) is 0 Å². The molecule has 2 aromatic rings. The minimum atomic E-state index is -1.63. The quantitative estimate of drug-likeness (QED) is 0.601. The molecular weight excluding hydrogens is 199 g/mol. The molecule has 14 heavy (non-hydrogen) atoms. The van der Waals surface area contributed by atoms with Gasteiger partial charge in [0.05, 0.1) is 0 Å². The first kappa shape index (κ1) is 9.52. The van der Waals surface area contributed by atoms with Gasteiger partial charge >= 0.3 is 7.12 Å². The van der Waals surface area contributed by atoms with Crippen LogP contribution in [0, 0.1) is 6.92 Å². The van der Waals surface area contributed by atoms with Crippen LogP contribution in [0.1, 0.15) is 4.88 Å². The third kappa shape index (κ3) is 1.39. The van der Waals surface area contributed by atoms with Gasteiger partial charge in [-0.25, -0.2) is 0 Å². The summed E-state index contributed by atoms with van der Waals surface area (Å²) in [5.41, 5.74) is 0.195. The van der Waals surface area contributed by atoms with Crippen LogP contribution >= 0.6 is 11.3 Å². The Kier molecular flexibility index (Phi) is 2.22. The van der Waals surface area contributed by atoms with Gasteiger partial charge in [-0.05, 0) is 30.5 Å². The molecule has 1 aromatic carbocycles. The fraction of sp³-hybridized carbons (Fsp3) is 0.111. The van der Waals surface area contributed by atoms with E-state index in [2.05, 4.69) is 0 Å². The third-order valence-electron chi connectivity index (χ3n) is 2.08. The molecule has 3 N–H and O–H groups in total. The van der Waals surface area contributed by atoms with E-state index in [1.54, 1.807) is 6.07 Å². The van der Waals surface area contributed by atoms with Crippen molar-refractivity contribution >= 4 is 34.0 Å². The van der Waals surface area contributed by atoms with Crippen LogP contribution in [0.3, 0.4) is 0 Å². The highest BCUT2D eigenvalue weighted by Gasteiger charge is 2.20. The number of rotatable bonds is 1. The highest BCUT2D eigenvalue weighted by molar-refractivity contribution is 7.20. The summed E-state index contributed by atoms with van der Waals surface area (Å²) in [4.78, 5) is 1.08. The first-order valence-electron chi connectivity index (χ1n) is 4.17. The van der Waals surface area contributed by atoms with E-state index in [1.165, 1.54) is 17.4 Å². The van der Waals surface area contributed by atoms with E-state index in [1.807, 2.05) is 13.0 Å². The first-order chi connectivity index (χ1) is 6.59. The predicted octanol–water partition coefficient (Wildman–Crippen LogP) is 0.595. The van der Waals surface area contributed by atoms with Crippen LogP contribution in [0.4, 0.5) is 0 Å². The maximum absolute atomic E-state index is 9.47. The Labute approximate surface area is 85.4 Å². The number of phenolic OH excluding ortho intramolecular Hbond substituents is 1. The normalized spacial score (nSPS) is 10.8. The van der Waals surface area contributed by atoms with Gasteiger partial charge in [0.25, 0.3) is 0 Å². The summed E-state index contributed by atoms with van der Waals surface area (Å²) in [7, 11) is -1.63. The minimum absolute atomic E-state index is 0.0747. The van der Waals surface area contributed by atoms with Crippen molar-refractivity contribution in [1.82, 2.24) is 0 Å². The lowest BCUT2D eigenvalue weighted by Gasteiger charge is -2.03. The molecule has 3 nitrogen and oxygen atoms in total. The summed E-state index contributed by atoms with van der Waals surface area (Å²) in [5.74, 6) is -0.0747. The molecule has 0 aliphatic rings. The largest absolute Gasteiger partial charge is 0.508 e. The number of aromatic hydroxyl groups is 1. The maximum atomic E-state index is 9.47. The van der Waals surface area contributed by atoms with Crippen molar-refractivity contribution in [3.05, 3.63) is 23.1 Å². The van der Waals surface area contributed by atoms with Gasteiger partial charge in [0, 0.05) is 15.0 Å². The second-order valence-corrected chi connectivity index (χ2v) is 4.40. The van der Waals surface area contributed by atoms with Gasteiger partial charge < -0.3 is 15.2 Å². The standard InChI is InChI=1S/C9H9BO3S/c1-5-4-6-2-3-7(11)8(10(12)13)9(6)14-5/h2-4,11-13H,1H3. The van der Waals surface area contributed by atoms with Crippen LogP contribution in [0.15, 0.2) is 18.2 Å². The number of thiophene rings is 1. The van der Waals surface area contributed by atoms with Gasteiger partial charge in [0.1, 0.15) is 5.75 Å². The number of fused-ring (bicyclic) bond motifs is 1. The van der Waals surface area contributed by atoms with Crippen LogP contribution in [-0.2, 0) is 0 Å². The molecule has 0 fully saturated rings. The Balaban J connectivity index is 2.82. The Morgan fingerprint density at radius 3 is 2.64 bits per heavy atom. The van der Waals surface area contributed by atoms with Crippen molar-refractivity contribution in [3.8, 4) is 5.75 Å². The molecule has 1 aromatic heterocycles. The second-order valence-electron chi connectivity index (χ2n) is 3.15. The molecule has 0 amide bonds. The van der Waals surface area contributed by atoms with E-state index in [9.17, 15) is 5.11 Å². The van der Waals surface area contributed by atoms with Crippen molar-refractivity contribution < 1.29 is 15.2 Å². The van der Waals surface area contributed by atoms with Crippen LogP contribution < -0.4 is 5.46 Å². The van der Waals surface area contributed by atoms with E-state index in [0.717, 1.165) is 15.0 Å². The smallest absolute Gasteiger partial charge is 0.493 e. The molecule has 1 heterocycles. The summed E-state index contributed by atoms with van der Waals surface area (Å²) in [6, 6.07) is 5.19. The molecule has 72 valence electrons. The molecule has 0 saturated carbocycles. The molecule has 0 spiro atoms. The minimum Gasteiger partial charge on any atom is -0.508 e. The lowest BCUT2D eigenvalue weighted by molar-refractivity contribution is 0.420. The average molecular weight is 208 g/mol. The average Bonchev–Trinajstić information content (AvgIpc) is 2.43. The van der Waals surface area contributed by atoms with Gasteiger partial charge in [0.15, 0.2) is 0 Å². The Morgan fingerprint density at radius 1 is 1.29 bits per heavy atom. The van der Waals surface area contributed by atoms with Crippen LogP contribution in [0.25, 0.3) is 10.1 Å². The molecular formula is C9H9BO3S. The van der Waals surface area contributed by atoms with Gasteiger partial charge in [-0.2, -0.15) is 0 Å². The molecule has 0 bridgehead atoms. The summed E-state index contributed by atoms with van der Waals surface area (Å²) in [6.07, 6.45) is 0. The second kappa shape index (κ2) is 3.27. The fourth-order valence-electron chi connectivity index (χ4n) is 1.49. The third-order valence-corrected chi connectivity index (χ3v) is 3.18.